The van der Waals surface area contributed by atoms with Crippen LogP contribution in [0.2, 0.25) is 0 Å². The fourth-order valence-electron chi connectivity index (χ4n) is 2.22. The SMILES string of the molecule is Cc1cc2c(cc1F)nc(C(C)Cl)n2Cc1ccon1. The number of aromatic nitrogens is 3. The van der Waals surface area contributed by atoms with Crippen LogP contribution >= 0.6 is 11.6 Å². The Morgan fingerprint density at radius 2 is 2.25 bits per heavy atom. The van der Waals surface area contributed by atoms with Crippen molar-refractivity contribution in [1.29, 1.82) is 0 Å². The van der Waals surface area contributed by atoms with Gasteiger partial charge in [0.1, 0.15) is 23.6 Å². The van der Waals surface area contributed by atoms with Gasteiger partial charge in [-0.05, 0) is 25.5 Å². The second-order valence-electron chi connectivity index (χ2n) is 4.75. The fourth-order valence-corrected chi connectivity index (χ4v) is 2.39. The molecule has 1 atom stereocenters. The highest BCUT2D eigenvalue weighted by molar-refractivity contribution is 6.20. The molecule has 2 heterocycles. The van der Waals surface area contributed by atoms with E-state index in [1.807, 2.05) is 11.5 Å². The second-order valence-corrected chi connectivity index (χ2v) is 5.41. The van der Waals surface area contributed by atoms with E-state index in [1.165, 1.54) is 12.3 Å². The summed E-state index contributed by atoms with van der Waals surface area (Å²) < 4.78 is 20.4. The third-order valence-corrected chi connectivity index (χ3v) is 3.42. The molecule has 0 aliphatic rings. The number of halogens is 2. The molecule has 0 saturated heterocycles. The van der Waals surface area contributed by atoms with E-state index in [2.05, 4.69) is 10.1 Å². The van der Waals surface area contributed by atoms with Crippen LogP contribution in [0.3, 0.4) is 0 Å². The standard InChI is InChI=1S/C14H13ClFN3O/c1-8-5-13-12(6-11(8)16)17-14(9(2)15)19(13)7-10-3-4-20-18-10/h3-6,9H,7H2,1-2H3. The fraction of sp³-hybridized carbons (Fsp3) is 0.286. The molecule has 0 N–H and O–H groups in total. The van der Waals surface area contributed by atoms with E-state index >= 15 is 0 Å². The van der Waals surface area contributed by atoms with Crippen molar-refractivity contribution in [3.8, 4) is 0 Å². The molecule has 104 valence electrons. The Labute approximate surface area is 120 Å². The van der Waals surface area contributed by atoms with Crippen LogP contribution in [-0.2, 0) is 6.54 Å². The quantitative estimate of drug-likeness (QED) is 0.690. The molecule has 6 heteroatoms. The maximum atomic E-state index is 13.7. The van der Waals surface area contributed by atoms with Crippen molar-refractivity contribution >= 4 is 22.6 Å². The number of rotatable bonds is 3. The van der Waals surface area contributed by atoms with Gasteiger partial charge in [0, 0.05) is 12.1 Å². The molecule has 0 radical (unpaired) electrons. The van der Waals surface area contributed by atoms with E-state index < -0.39 is 0 Å². The molecule has 1 unspecified atom stereocenters. The number of hydrogen-bond acceptors (Lipinski definition) is 3. The minimum Gasteiger partial charge on any atom is -0.364 e. The van der Waals surface area contributed by atoms with Gasteiger partial charge in [-0.2, -0.15) is 0 Å². The molecular formula is C14H13ClFN3O. The van der Waals surface area contributed by atoms with Gasteiger partial charge in [-0.3, -0.25) is 0 Å². The van der Waals surface area contributed by atoms with Gasteiger partial charge in [0.25, 0.3) is 0 Å². The third kappa shape index (κ3) is 2.18. The third-order valence-electron chi connectivity index (χ3n) is 3.23. The van der Waals surface area contributed by atoms with E-state index in [0.29, 0.717) is 23.4 Å². The highest BCUT2D eigenvalue weighted by Gasteiger charge is 2.17. The van der Waals surface area contributed by atoms with Gasteiger partial charge in [0.15, 0.2) is 0 Å². The number of nitrogens with zero attached hydrogens (tertiary/aromatic N) is 3. The Kier molecular flexibility index (Phi) is 3.22. The molecule has 0 bridgehead atoms. The average Bonchev–Trinajstić information content (AvgIpc) is 3.00. The summed E-state index contributed by atoms with van der Waals surface area (Å²) in [4.78, 5) is 4.43. The van der Waals surface area contributed by atoms with Crippen LogP contribution < -0.4 is 0 Å². The van der Waals surface area contributed by atoms with Gasteiger partial charge in [-0.25, -0.2) is 9.37 Å². The van der Waals surface area contributed by atoms with Crippen molar-refractivity contribution < 1.29 is 8.91 Å². The number of aryl methyl sites for hydroxylation is 1. The van der Waals surface area contributed by atoms with Crippen molar-refractivity contribution in [1.82, 2.24) is 14.7 Å². The molecule has 0 fully saturated rings. The normalized spacial score (nSPS) is 13.0. The molecule has 0 aliphatic heterocycles. The maximum absolute atomic E-state index is 13.7. The zero-order valence-electron chi connectivity index (χ0n) is 11.1. The molecule has 3 aromatic rings. The lowest BCUT2D eigenvalue weighted by molar-refractivity contribution is 0.409. The van der Waals surface area contributed by atoms with E-state index in [9.17, 15) is 4.39 Å². The predicted octanol–water partition coefficient (Wildman–Crippen LogP) is 3.82. The van der Waals surface area contributed by atoms with E-state index in [-0.39, 0.29) is 11.2 Å². The van der Waals surface area contributed by atoms with Crippen LogP contribution in [0.1, 0.15) is 29.4 Å². The summed E-state index contributed by atoms with van der Waals surface area (Å²) in [7, 11) is 0. The first-order chi connectivity index (χ1) is 9.56. The highest BCUT2D eigenvalue weighted by atomic mass is 35.5. The number of alkyl halides is 1. The molecule has 0 saturated carbocycles. The first-order valence-electron chi connectivity index (χ1n) is 6.26. The molecule has 0 spiro atoms. The van der Waals surface area contributed by atoms with Crippen molar-refractivity contribution in [3.05, 3.63) is 47.4 Å². The summed E-state index contributed by atoms with van der Waals surface area (Å²) in [5.41, 5.74) is 2.78. The number of imidazole rings is 1. The summed E-state index contributed by atoms with van der Waals surface area (Å²) in [5.74, 6) is 0.423. The summed E-state index contributed by atoms with van der Waals surface area (Å²) >= 11 is 6.18. The van der Waals surface area contributed by atoms with E-state index in [1.54, 1.807) is 19.1 Å². The van der Waals surface area contributed by atoms with Crippen LogP contribution in [0.25, 0.3) is 11.0 Å². The predicted molar refractivity (Wildman–Crippen MR) is 74.3 cm³/mol. The lowest BCUT2D eigenvalue weighted by Gasteiger charge is -2.08. The smallest absolute Gasteiger partial charge is 0.128 e. The minimum absolute atomic E-state index is 0.266. The van der Waals surface area contributed by atoms with Gasteiger partial charge >= 0.3 is 0 Å². The van der Waals surface area contributed by atoms with Gasteiger partial charge in [0.05, 0.1) is 23.0 Å². The number of hydrogen-bond donors (Lipinski definition) is 0. The summed E-state index contributed by atoms with van der Waals surface area (Å²) in [6.07, 6.45) is 1.52. The topological polar surface area (TPSA) is 43.9 Å². The van der Waals surface area contributed by atoms with Gasteiger partial charge in [-0.15, -0.1) is 11.6 Å². The van der Waals surface area contributed by atoms with Crippen LogP contribution in [0, 0.1) is 12.7 Å². The molecular weight excluding hydrogens is 281 g/mol. The Morgan fingerprint density at radius 3 is 2.90 bits per heavy atom. The van der Waals surface area contributed by atoms with Crippen LogP contribution in [0.15, 0.2) is 29.0 Å². The Morgan fingerprint density at radius 1 is 1.45 bits per heavy atom. The zero-order valence-corrected chi connectivity index (χ0v) is 11.9. The average molecular weight is 294 g/mol. The zero-order chi connectivity index (χ0) is 14.3. The monoisotopic (exact) mass is 293 g/mol. The first-order valence-corrected chi connectivity index (χ1v) is 6.69. The minimum atomic E-state index is -0.280. The molecule has 2 aromatic heterocycles. The van der Waals surface area contributed by atoms with Crippen molar-refractivity contribution in [2.24, 2.45) is 0 Å². The maximum Gasteiger partial charge on any atom is 0.128 e. The Hall–Kier alpha value is -1.88. The summed E-state index contributed by atoms with van der Waals surface area (Å²) in [5, 5.41) is 3.62. The summed E-state index contributed by atoms with van der Waals surface area (Å²) in [6, 6.07) is 5.00. The van der Waals surface area contributed by atoms with Crippen molar-refractivity contribution in [3.63, 3.8) is 0 Å². The Balaban J connectivity index is 2.20. The number of benzene rings is 1. The molecule has 1 aromatic carbocycles. The number of fused-ring (bicyclic) bond motifs is 1. The molecule has 0 amide bonds. The second kappa shape index (κ2) is 4.90. The van der Waals surface area contributed by atoms with E-state index in [0.717, 1.165) is 11.2 Å². The first kappa shape index (κ1) is 13.1. The van der Waals surface area contributed by atoms with Gasteiger partial charge < -0.3 is 9.09 Å². The lowest BCUT2D eigenvalue weighted by Crippen LogP contribution is -2.06. The highest BCUT2D eigenvalue weighted by Crippen LogP contribution is 2.27. The molecule has 0 aliphatic carbocycles. The molecule has 4 nitrogen and oxygen atoms in total. The Bertz CT molecular complexity index is 749. The van der Waals surface area contributed by atoms with Crippen molar-refractivity contribution in [2.75, 3.05) is 0 Å². The van der Waals surface area contributed by atoms with Gasteiger partial charge in [-0.1, -0.05) is 5.16 Å². The lowest BCUT2D eigenvalue weighted by atomic mass is 10.2. The van der Waals surface area contributed by atoms with Crippen molar-refractivity contribution in [2.45, 2.75) is 25.8 Å². The van der Waals surface area contributed by atoms with Crippen LogP contribution in [0.5, 0.6) is 0 Å². The van der Waals surface area contributed by atoms with E-state index in [4.69, 9.17) is 16.1 Å². The molecule has 20 heavy (non-hydrogen) atoms. The largest absolute Gasteiger partial charge is 0.364 e. The van der Waals surface area contributed by atoms with Crippen LogP contribution in [0.4, 0.5) is 4.39 Å². The van der Waals surface area contributed by atoms with Gasteiger partial charge in [0.2, 0.25) is 0 Å². The molecule has 3 rings (SSSR count). The van der Waals surface area contributed by atoms with Crippen LogP contribution in [-0.4, -0.2) is 14.7 Å². The summed E-state index contributed by atoms with van der Waals surface area (Å²) in [6.45, 7) is 4.06.